The lowest BCUT2D eigenvalue weighted by atomic mass is 10.3. The maximum atomic E-state index is 11.9. The second-order valence-corrected chi connectivity index (χ2v) is 3.38. The van der Waals surface area contributed by atoms with Gasteiger partial charge in [0.15, 0.2) is 0 Å². The molecule has 88 valence electrons. The van der Waals surface area contributed by atoms with Gasteiger partial charge in [0.2, 0.25) is 5.91 Å². The Kier molecular flexibility index (Phi) is 4.57. The highest BCUT2D eigenvalue weighted by molar-refractivity contribution is 5.87. The molecule has 0 rings (SSSR count). The van der Waals surface area contributed by atoms with Crippen LogP contribution in [0, 0.1) is 0 Å². The predicted octanol–water partition coefficient (Wildman–Crippen LogP) is 0.532. The van der Waals surface area contributed by atoms with Gasteiger partial charge in [0, 0.05) is 13.1 Å². The number of rotatable bonds is 3. The van der Waals surface area contributed by atoms with Crippen molar-refractivity contribution in [3.8, 4) is 0 Å². The topological polar surface area (TPSA) is 49.4 Å². The summed E-state index contributed by atoms with van der Waals surface area (Å²) in [5.41, 5.74) is 0. The zero-order valence-corrected chi connectivity index (χ0v) is 8.68. The quantitative estimate of drug-likeness (QED) is 0.763. The fourth-order valence-corrected chi connectivity index (χ4v) is 0.871. The van der Waals surface area contributed by atoms with Crippen LogP contribution in [0.2, 0.25) is 0 Å². The molecule has 0 saturated heterocycles. The van der Waals surface area contributed by atoms with Crippen LogP contribution in [0.1, 0.15) is 13.8 Å². The van der Waals surface area contributed by atoms with E-state index in [0.29, 0.717) is 4.90 Å². The molecule has 0 aliphatic carbocycles. The van der Waals surface area contributed by atoms with Crippen LogP contribution < -0.4 is 5.32 Å². The summed E-state index contributed by atoms with van der Waals surface area (Å²) in [6.45, 7) is 2.74. The molecule has 0 aromatic rings. The first-order chi connectivity index (χ1) is 6.64. The molecule has 0 bridgehead atoms. The average Bonchev–Trinajstić information content (AvgIpc) is 1.99. The molecule has 0 fully saturated rings. The van der Waals surface area contributed by atoms with Crippen LogP contribution in [0.25, 0.3) is 0 Å². The first-order valence-electron chi connectivity index (χ1n) is 4.26. The van der Waals surface area contributed by atoms with E-state index in [9.17, 15) is 22.8 Å². The zero-order chi connectivity index (χ0) is 12.2. The lowest BCUT2D eigenvalue weighted by Gasteiger charge is -2.18. The first-order valence-corrected chi connectivity index (χ1v) is 4.26. The van der Waals surface area contributed by atoms with E-state index in [1.807, 2.05) is 0 Å². The molecule has 0 atom stereocenters. The van der Waals surface area contributed by atoms with Gasteiger partial charge in [0.1, 0.15) is 0 Å². The minimum atomic E-state index is -4.94. The van der Waals surface area contributed by atoms with Crippen molar-refractivity contribution in [1.82, 2.24) is 10.2 Å². The number of carbonyl (C=O) groups excluding carboxylic acids is 2. The van der Waals surface area contributed by atoms with Crippen LogP contribution in [0.4, 0.5) is 13.2 Å². The molecule has 0 heterocycles. The SMILES string of the molecule is CC(C)NC(=O)CN(C)C(=O)C(F)(F)F. The molecular weight excluding hydrogens is 213 g/mol. The number of amides is 2. The molecule has 2 amide bonds. The predicted molar refractivity (Wildman–Crippen MR) is 47.0 cm³/mol. The normalized spacial score (nSPS) is 11.4. The van der Waals surface area contributed by atoms with Crippen molar-refractivity contribution in [3.63, 3.8) is 0 Å². The Labute approximate surface area is 85.4 Å². The summed E-state index contributed by atoms with van der Waals surface area (Å²) in [5.74, 6) is -2.65. The van der Waals surface area contributed by atoms with E-state index in [-0.39, 0.29) is 6.04 Å². The summed E-state index contributed by atoms with van der Waals surface area (Å²) in [4.78, 5) is 22.0. The van der Waals surface area contributed by atoms with E-state index in [0.717, 1.165) is 7.05 Å². The number of carbonyl (C=O) groups is 2. The van der Waals surface area contributed by atoms with Crippen molar-refractivity contribution < 1.29 is 22.8 Å². The monoisotopic (exact) mass is 226 g/mol. The van der Waals surface area contributed by atoms with Gasteiger partial charge in [0.25, 0.3) is 0 Å². The lowest BCUT2D eigenvalue weighted by molar-refractivity contribution is -0.184. The second-order valence-electron chi connectivity index (χ2n) is 3.38. The number of halogens is 3. The van der Waals surface area contributed by atoms with Gasteiger partial charge < -0.3 is 10.2 Å². The minimum absolute atomic E-state index is 0.174. The van der Waals surface area contributed by atoms with E-state index >= 15 is 0 Å². The number of nitrogens with one attached hydrogen (secondary N) is 1. The van der Waals surface area contributed by atoms with Gasteiger partial charge >= 0.3 is 12.1 Å². The molecule has 0 aromatic heterocycles. The van der Waals surface area contributed by atoms with Gasteiger partial charge in [-0.05, 0) is 13.8 Å². The Bertz CT molecular complexity index is 251. The molecule has 0 saturated carbocycles. The second kappa shape index (κ2) is 4.99. The lowest BCUT2D eigenvalue weighted by Crippen LogP contribution is -2.45. The van der Waals surface area contributed by atoms with Crippen LogP contribution in [0.3, 0.4) is 0 Å². The number of alkyl halides is 3. The van der Waals surface area contributed by atoms with Crippen LogP contribution in [0.5, 0.6) is 0 Å². The van der Waals surface area contributed by atoms with Crippen molar-refractivity contribution >= 4 is 11.8 Å². The van der Waals surface area contributed by atoms with Gasteiger partial charge in [-0.15, -0.1) is 0 Å². The Morgan fingerprint density at radius 3 is 2.13 bits per heavy atom. The van der Waals surface area contributed by atoms with Crippen LogP contribution in [-0.4, -0.2) is 42.5 Å². The summed E-state index contributed by atoms with van der Waals surface area (Å²) >= 11 is 0. The highest BCUT2D eigenvalue weighted by Gasteiger charge is 2.41. The molecule has 15 heavy (non-hydrogen) atoms. The molecule has 0 spiro atoms. The summed E-state index contributed by atoms with van der Waals surface area (Å²) in [5, 5.41) is 2.38. The molecule has 0 aliphatic heterocycles. The number of nitrogens with zero attached hydrogens (tertiary/aromatic N) is 1. The highest BCUT2D eigenvalue weighted by atomic mass is 19.4. The number of likely N-dealkylation sites (N-methyl/N-ethyl adjacent to an activating group) is 1. The third-order valence-electron chi connectivity index (χ3n) is 1.42. The van der Waals surface area contributed by atoms with Gasteiger partial charge in [-0.3, -0.25) is 9.59 Å². The van der Waals surface area contributed by atoms with Gasteiger partial charge in [-0.2, -0.15) is 13.2 Å². The first kappa shape index (κ1) is 13.7. The smallest absolute Gasteiger partial charge is 0.352 e. The number of hydrogen-bond acceptors (Lipinski definition) is 2. The maximum Gasteiger partial charge on any atom is 0.471 e. The Morgan fingerprint density at radius 2 is 1.80 bits per heavy atom. The van der Waals surface area contributed by atoms with Crippen LogP contribution in [0.15, 0.2) is 0 Å². The van der Waals surface area contributed by atoms with E-state index in [1.54, 1.807) is 13.8 Å². The van der Waals surface area contributed by atoms with Crippen molar-refractivity contribution in [3.05, 3.63) is 0 Å². The highest BCUT2D eigenvalue weighted by Crippen LogP contribution is 2.17. The van der Waals surface area contributed by atoms with Gasteiger partial charge in [-0.1, -0.05) is 0 Å². The Morgan fingerprint density at radius 1 is 1.33 bits per heavy atom. The van der Waals surface area contributed by atoms with Crippen LogP contribution >= 0.6 is 0 Å². The minimum Gasteiger partial charge on any atom is -0.352 e. The summed E-state index contributed by atoms with van der Waals surface area (Å²) in [7, 11) is 0.926. The Hall–Kier alpha value is -1.27. The molecule has 1 N–H and O–H groups in total. The Balaban J connectivity index is 4.20. The van der Waals surface area contributed by atoms with Crippen molar-refractivity contribution in [2.24, 2.45) is 0 Å². The molecular formula is C8H13F3N2O2. The molecule has 0 aliphatic rings. The summed E-state index contributed by atoms with van der Waals surface area (Å²) in [6.07, 6.45) is -4.94. The van der Waals surface area contributed by atoms with Crippen molar-refractivity contribution in [2.75, 3.05) is 13.6 Å². The van der Waals surface area contributed by atoms with Crippen molar-refractivity contribution in [1.29, 1.82) is 0 Å². The average molecular weight is 226 g/mol. The molecule has 4 nitrogen and oxygen atoms in total. The maximum absolute atomic E-state index is 11.9. The van der Waals surface area contributed by atoms with Crippen molar-refractivity contribution in [2.45, 2.75) is 26.1 Å². The van der Waals surface area contributed by atoms with E-state index in [4.69, 9.17) is 0 Å². The zero-order valence-electron chi connectivity index (χ0n) is 8.68. The van der Waals surface area contributed by atoms with Gasteiger partial charge in [-0.25, -0.2) is 0 Å². The van der Waals surface area contributed by atoms with Crippen LogP contribution in [-0.2, 0) is 9.59 Å². The van der Waals surface area contributed by atoms with E-state index in [2.05, 4.69) is 5.32 Å². The third kappa shape index (κ3) is 5.24. The molecule has 0 radical (unpaired) electrons. The summed E-state index contributed by atoms with van der Waals surface area (Å²) in [6, 6.07) is -0.174. The van der Waals surface area contributed by atoms with E-state index < -0.39 is 24.5 Å². The third-order valence-corrected chi connectivity index (χ3v) is 1.42. The molecule has 0 unspecified atom stereocenters. The standard InChI is InChI=1S/C8H13F3N2O2/c1-5(2)12-6(14)4-13(3)7(15)8(9,10)11/h5H,4H2,1-3H3,(H,12,14). The molecule has 0 aromatic carbocycles. The number of hydrogen-bond donors (Lipinski definition) is 1. The largest absolute Gasteiger partial charge is 0.471 e. The molecule has 7 heteroatoms. The fourth-order valence-electron chi connectivity index (χ4n) is 0.871. The van der Waals surface area contributed by atoms with Gasteiger partial charge in [0.05, 0.1) is 6.54 Å². The fraction of sp³-hybridized carbons (Fsp3) is 0.750. The van der Waals surface area contributed by atoms with E-state index in [1.165, 1.54) is 0 Å². The summed E-state index contributed by atoms with van der Waals surface area (Å²) < 4.78 is 35.7.